The molecule has 0 atom stereocenters. The van der Waals surface area contributed by atoms with Crippen LogP contribution in [-0.4, -0.2) is 18.2 Å². The minimum atomic E-state index is 0.640. The van der Waals surface area contributed by atoms with Gasteiger partial charge in [0.1, 0.15) is 0 Å². The number of rotatable bonds is 5. The molecule has 0 unspecified atom stereocenters. The molecule has 0 aromatic carbocycles. The fraction of sp³-hybridized carbons (Fsp3) is 0.769. The van der Waals surface area contributed by atoms with Crippen LogP contribution in [0.5, 0.6) is 0 Å². The van der Waals surface area contributed by atoms with Crippen molar-refractivity contribution in [2.75, 3.05) is 13.1 Å². The van der Waals surface area contributed by atoms with E-state index in [0.717, 1.165) is 24.6 Å². The van der Waals surface area contributed by atoms with E-state index in [1.165, 1.54) is 25.7 Å². The molecule has 0 radical (unpaired) electrons. The molecule has 0 aliphatic heterocycles. The summed E-state index contributed by atoms with van der Waals surface area (Å²) in [6.07, 6.45) is 8.83. The van der Waals surface area contributed by atoms with Crippen LogP contribution in [-0.2, 0) is 0 Å². The smallest absolute Gasteiger partial charge is 0.166 e. The van der Waals surface area contributed by atoms with Gasteiger partial charge in [0.25, 0.3) is 0 Å². The van der Waals surface area contributed by atoms with Gasteiger partial charge in [-0.1, -0.05) is 25.5 Å². The van der Waals surface area contributed by atoms with Gasteiger partial charge in [-0.2, -0.15) is 0 Å². The molecule has 0 aromatic rings. The fourth-order valence-corrected chi connectivity index (χ4v) is 2.01. The lowest BCUT2D eigenvalue weighted by Crippen LogP contribution is -2.37. The molecule has 2 nitrogen and oxygen atoms in total. The molecule has 0 saturated heterocycles. The van der Waals surface area contributed by atoms with Gasteiger partial charge in [-0.3, -0.25) is 0 Å². The van der Waals surface area contributed by atoms with Crippen molar-refractivity contribution in [3.63, 3.8) is 0 Å². The minimum absolute atomic E-state index is 0.640. The van der Waals surface area contributed by atoms with Crippen LogP contribution in [0.2, 0.25) is 0 Å². The summed E-state index contributed by atoms with van der Waals surface area (Å²) >= 11 is 5.20. The van der Waals surface area contributed by atoms with E-state index in [-0.39, 0.29) is 0 Å². The number of nitrogens with one attached hydrogen (secondary N) is 2. The van der Waals surface area contributed by atoms with Gasteiger partial charge < -0.3 is 10.6 Å². The molecule has 2 N–H and O–H groups in total. The Hall–Kier alpha value is -0.570. The number of allylic oxidation sites excluding steroid dienone is 1. The van der Waals surface area contributed by atoms with Crippen LogP contribution in [0.15, 0.2) is 11.6 Å². The molecule has 3 heteroatoms. The Morgan fingerprint density at radius 3 is 2.81 bits per heavy atom. The standard InChI is InChI=1S/C13H24N2S/c1-11(2)10-15-13(16)14-9-8-12-6-4-3-5-7-12/h6,11H,3-5,7-10H2,1-2H3,(H2,14,15,16). The van der Waals surface area contributed by atoms with Gasteiger partial charge in [0.2, 0.25) is 0 Å². The maximum absolute atomic E-state index is 5.20. The topological polar surface area (TPSA) is 24.1 Å². The van der Waals surface area contributed by atoms with E-state index in [2.05, 4.69) is 30.6 Å². The summed E-state index contributed by atoms with van der Waals surface area (Å²) in [5.41, 5.74) is 1.60. The predicted molar refractivity (Wildman–Crippen MR) is 74.6 cm³/mol. The molecule has 1 aliphatic carbocycles. The van der Waals surface area contributed by atoms with Gasteiger partial charge in [0.05, 0.1) is 0 Å². The molecule has 1 rings (SSSR count). The van der Waals surface area contributed by atoms with Gasteiger partial charge in [-0.05, 0) is 50.2 Å². The minimum Gasteiger partial charge on any atom is -0.362 e. The third kappa shape index (κ3) is 6.11. The Balaban J connectivity index is 2.05. The largest absolute Gasteiger partial charge is 0.362 e. The monoisotopic (exact) mass is 240 g/mol. The van der Waals surface area contributed by atoms with Gasteiger partial charge in [0.15, 0.2) is 5.11 Å². The molecule has 1 aliphatic rings. The quantitative estimate of drug-likeness (QED) is 0.570. The predicted octanol–water partition coefficient (Wildman–Crippen LogP) is 3.00. The van der Waals surface area contributed by atoms with Crippen LogP contribution in [0.1, 0.15) is 46.0 Å². The maximum Gasteiger partial charge on any atom is 0.166 e. The first-order valence-corrected chi connectivity index (χ1v) is 6.79. The normalized spacial score (nSPS) is 15.8. The van der Waals surface area contributed by atoms with E-state index in [1.54, 1.807) is 5.57 Å². The zero-order valence-electron chi connectivity index (χ0n) is 10.5. The molecule has 0 spiro atoms. The second kappa shape index (κ2) is 7.66. The summed E-state index contributed by atoms with van der Waals surface area (Å²) < 4.78 is 0. The Labute approximate surface area is 105 Å². The van der Waals surface area contributed by atoms with Crippen molar-refractivity contribution >= 4 is 17.3 Å². The molecule has 0 fully saturated rings. The van der Waals surface area contributed by atoms with Gasteiger partial charge in [-0.15, -0.1) is 0 Å². The fourth-order valence-electron chi connectivity index (χ4n) is 1.83. The Morgan fingerprint density at radius 1 is 1.38 bits per heavy atom. The second-order valence-electron chi connectivity index (χ2n) is 4.89. The lowest BCUT2D eigenvalue weighted by molar-refractivity contribution is 0.617. The molecule has 0 amide bonds. The summed E-state index contributed by atoms with van der Waals surface area (Å²) in [5.74, 6) is 0.640. The van der Waals surface area contributed by atoms with E-state index in [1.807, 2.05) is 0 Å². The molecule has 16 heavy (non-hydrogen) atoms. The van der Waals surface area contributed by atoms with Crippen LogP contribution < -0.4 is 10.6 Å². The Morgan fingerprint density at radius 2 is 2.19 bits per heavy atom. The third-order valence-corrected chi connectivity index (χ3v) is 3.08. The third-order valence-electron chi connectivity index (χ3n) is 2.79. The summed E-state index contributed by atoms with van der Waals surface area (Å²) in [6, 6.07) is 0. The first kappa shape index (κ1) is 13.5. The van der Waals surface area contributed by atoms with E-state index < -0.39 is 0 Å². The van der Waals surface area contributed by atoms with Crippen molar-refractivity contribution in [3.05, 3.63) is 11.6 Å². The van der Waals surface area contributed by atoms with E-state index in [9.17, 15) is 0 Å². The zero-order chi connectivity index (χ0) is 11.8. The summed E-state index contributed by atoms with van der Waals surface area (Å²) in [4.78, 5) is 0. The SMILES string of the molecule is CC(C)CNC(=S)NCCC1=CCCCC1. The number of thiocarbonyl (C=S) groups is 1. The van der Waals surface area contributed by atoms with Gasteiger partial charge in [-0.25, -0.2) is 0 Å². The molecule has 0 bridgehead atoms. The van der Waals surface area contributed by atoms with E-state index in [0.29, 0.717) is 5.92 Å². The van der Waals surface area contributed by atoms with Crippen LogP contribution in [0, 0.1) is 5.92 Å². The van der Waals surface area contributed by atoms with Crippen LogP contribution >= 0.6 is 12.2 Å². The zero-order valence-corrected chi connectivity index (χ0v) is 11.3. The molecule has 0 saturated carbocycles. The van der Waals surface area contributed by atoms with Crippen LogP contribution in [0.3, 0.4) is 0 Å². The first-order chi connectivity index (χ1) is 7.68. The molecule has 0 heterocycles. The average Bonchev–Trinajstić information content (AvgIpc) is 2.28. The summed E-state index contributed by atoms with van der Waals surface area (Å²) in [7, 11) is 0. The highest BCUT2D eigenvalue weighted by Crippen LogP contribution is 2.19. The highest BCUT2D eigenvalue weighted by Gasteiger charge is 2.03. The Bertz CT molecular complexity index is 246. The lowest BCUT2D eigenvalue weighted by atomic mass is 9.97. The average molecular weight is 240 g/mol. The van der Waals surface area contributed by atoms with Crippen molar-refractivity contribution in [1.82, 2.24) is 10.6 Å². The summed E-state index contributed by atoms with van der Waals surface area (Å²) in [6.45, 7) is 6.29. The molecular formula is C13H24N2S. The van der Waals surface area contributed by atoms with E-state index >= 15 is 0 Å². The van der Waals surface area contributed by atoms with E-state index in [4.69, 9.17) is 12.2 Å². The van der Waals surface area contributed by atoms with Gasteiger partial charge in [0, 0.05) is 13.1 Å². The van der Waals surface area contributed by atoms with Crippen molar-refractivity contribution in [1.29, 1.82) is 0 Å². The van der Waals surface area contributed by atoms with Crippen molar-refractivity contribution < 1.29 is 0 Å². The molecular weight excluding hydrogens is 216 g/mol. The summed E-state index contributed by atoms with van der Waals surface area (Å²) in [5, 5.41) is 7.28. The van der Waals surface area contributed by atoms with Crippen molar-refractivity contribution in [2.45, 2.75) is 46.0 Å². The van der Waals surface area contributed by atoms with Crippen molar-refractivity contribution in [3.8, 4) is 0 Å². The lowest BCUT2D eigenvalue weighted by Gasteiger charge is -2.15. The number of hydrogen-bond donors (Lipinski definition) is 2. The highest BCUT2D eigenvalue weighted by atomic mass is 32.1. The molecule has 92 valence electrons. The molecule has 0 aromatic heterocycles. The van der Waals surface area contributed by atoms with Crippen molar-refractivity contribution in [2.24, 2.45) is 5.92 Å². The van der Waals surface area contributed by atoms with Crippen LogP contribution in [0.4, 0.5) is 0 Å². The van der Waals surface area contributed by atoms with Crippen LogP contribution in [0.25, 0.3) is 0 Å². The maximum atomic E-state index is 5.20. The number of hydrogen-bond acceptors (Lipinski definition) is 1. The first-order valence-electron chi connectivity index (χ1n) is 6.38. The Kier molecular flexibility index (Phi) is 6.46. The van der Waals surface area contributed by atoms with Gasteiger partial charge >= 0.3 is 0 Å². The second-order valence-corrected chi connectivity index (χ2v) is 5.30. The highest BCUT2D eigenvalue weighted by molar-refractivity contribution is 7.80.